The van der Waals surface area contributed by atoms with E-state index in [1.807, 2.05) is 0 Å². The van der Waals surface area contributed by atoms with Crippen molar-refractivity contribution in [2.75, 3.05) is 9.80 Å². The van der Waals surface area contributed by atoms with Crippen molar-refractivity contribution in [3.05, 3.63) is 277 Å². The second kappa shape index (κ2) is 16.7. The van der Waals surface area contributed by atoms with Crippen molar-refractivity contribution in [2.45, 2.75) is 38.5 Å². The lowest BCUT2D eigenvalue weighted by Crippen LogP contribution is -2.75. The number of benzene rings is 10. The number of nitrogens with zero attached hydrogens (tertiary/aromatic N) is 2. The molecule has 0 amide bonds. The average molecular weight is 903 g/mol. The molecule has 0 fully saturated rings. The zero-order valence-corrected chi connectivity index (χ0v) is 40.6. The molecular weight excluding hydrogens is 849 g/mol. The second-order valence-corrected chi connectivity index (χ2v) is 23.5. The highest BCUT2D eigenvalue weighted by Crippen LogP contribution is 2.52. The van der Waals surface area contributed by atoms with Gasteiger partial charge in [-0.3, -0.25) is 0 Å². The summed E-state index contributed by atoms with van der Waals surface area (Å²) >= 11 is 0. The smallest absolute Gasteiger partial charge is 0.181 e. The highest BCUT2D eigenvalue weighted by Gasteiger charge is 2.45. The monoisotopic (exact) mass is 902 g/mol. The topological polar surface area (TPSA) is 6.48 Å². The summed E-state index contributed by atoms with van der Waals surface area (Å²) in [4.78, 5) is 4.98. The van der Waals surface area contributed by atoms with Crippen LogP contribution in [0.15, 0.2) is 255 Å². The van der Waals surface area contributed by atoms with Gasteiger partial charge in [-0.25, -0.2) is 0 Å². The lowest BCUT2D eigenvalue weighted by molar-refractivity contribution is 0.660. The summed E-state index contributed by atoms with van der Waals surface area (Å²) in [6, 6.07) is 95.4. The van der Waals surface area contributed by atoms with Crippen LogP contribution in [0.25, 0.3) is 22.3 Å². The predicted octanol–water partition coefficient (Wildman–Crippen LogP) is 14.6. The van der Waals surface area contributed by atoms with Crippen LogP contribution < -0.4 is 30.5 Å². The standard InChI is InChI=1S/C66H54N2Si/c1-65(2)60-37-20-18-35-56(60)58-45-50(41-43-61(58)65)68(48-26-11-6-12-27-48)63-38-21-22-39-64(63)69(52-29-13-7-14-30-52,53-31-15-8-16-32-53)54-33-23-28-49(44-54)67(47-24-9-5-10-25-47)51-40-42-57-55-34-17-19-36-59(55)66(3,4)62(57)46-51/h5-46H,1-4H3. The Morgan fingerprint density at radius 1 is 0.275 bits per heavy atom. The molecule has 0 radical (unpaired) electrons. The molecule has 0 saturated carbocycles. The van der Waals surface area contributed by atoms with Crippen LogP contribution in [0.5, 0.6) is 0 Å². The molecule has 332 valence electrons. The van der Waals surface area contributed by atoms with Crippen molar-refractivity contribution in [3.63, 3.8) is 0 Å². The SMILES string of the molecule is CC1(C)c2ccccc2-c2cc(N(c3ccccc3)c3ccccc3[Si](c3ccccc3)(c3ccccc3)c3cccc(N(c4ccccc4)c4ccc5c(c4)C(C)(C)c4ccccc4-5)c3)ccc21. The van der Waals surface area contributed by atoms with Crippen LogP contribution >= 0.6 is 0 Å². The zero-order chi connectivity index (χ0) is 46.7. The first-order valence-electron chi connectivity index (χ1n) is 24.3. The van der Waals surface area contributed by atoms with Crippen LogP contribution in [0, 0.1) is 0 Å². The number of para-hydroxylation sites is 3. The van der Waals surface area contributed by atoms with Crippen molar-refractivity contribution in [1.82, 2.24) is 0 Å². The van der Waals surface area contributed by atoms with Gasteiger partial charge in [-0.05, 0) is 132 Å². The van der Waals surface area contributed by atoms with Crippen LogP contribution in [-0.2, 0) is 10.8 Å². The van der Waals surface area contributed by atoms with Gasteiger partial charge in [0.15, 0.2) is 8.07 Å². The molecule has 12 rings (SSSR count). The highest BCUT2D eigenvalue weighted by atomic mass is 28.3. The summed E-state index contributed by atoms with van der Waals surface area (Å²) in [5.41, 5.74) is 17.3. The van der Waals surface area contributed by atoms with Gasteiger partial charge >= 0.3 is 0 Å². The first-order valence-corrected chi connectivity index (χ1v) is 26.3. The molecular formula is C66H54N2Si. The fourth-order valence-electron chi connectivity index (χ4n) is 11.9. The van der Waals surface area contributed by atoms with Gasteiger partial charge in [0.25, 0.3) is 0 Å². The number of rotatable bonds is 10. The number of hydrogen-bond donors (Lipinski definition) is 0. The Hall–Kier alpha value is -7.98. The van der Waals surface area contributed by atoms with Gasteiger partial charge in [0.05, 0.1) is 0 Å². The summed E-state index contributed by atoms with van der Waals surface area (Å²) in [6.07, 6.45) is 0. The Morgan fingerprint density at radius 2 is 0.696 bits per heavy atom. The van der Waals surface area contributed by atoms with Crippen molar-refractivity contribution >= 4 is 62.9 Å². The molecule has 2 aliphatic carbocycles. The van der Waals surface area contributed by atoms with Crippen molar-refractivity contribution in [2.24, 2.45) is 0 Å². The summed E-state index contributed by atoms with van der Waals surface area (Å²) in [5, 5.41) is 5.26. The Kier molecular flexibility index (Phi) is 10.2. The van der Waals surface area contributed by atoms with E-state index in [0.29, 0.717) is 0 Å². The molecule has 0 N–H and O–H groups in total. The van der Waals surface area contributed by atoms with E-state index in [0.717, 1.165) is 28.4 Å². The molecule has 0 heterocycles. The molecule has 0 atom stereocenters. The van der Waals surface area contributed by atoms with E-state index in [2.05, 4.69) is 292 Å². The molecule has 0 saturated heterocycles. The fraction of sp³-hybridized carbons (Fsp3) is 0.0909. The van der Waals surface area contributed by atoms with E-state index >= 15 is 0 Å². The fourth-order valence-corrected chi connectivity index (χ4v) is 16.9. The normalized spacial score (nSPS) is 13.7. The summed E-state index contributed by atoms with van der Waals surface area (Å²) < 4.78 is 0. The van der Waals surface area contributed by atoms with Gasteiger partial charge in [0, 0.05) is 45.0 Å². The predicted molar refractivity (Wildman–Crippen MR) is 295 cm³/mol. The third-order valence-electron chi connectivity index (χ3n) is 15.2. The third-order valence-corrected chi connectivity index (χ3v) is 20.0. The summed E-state index contributed by atoms with van der Waals surface area (Å²) in [5.74, 6) is 0. The van der Waals surface area contributed by atoms with Gasteiger partial charge in [-0.15, -0.1) is 0 Å². The maximum atomic E-state index is 2.52. The average Bonchev–Trinajstić information content (AvgIpc) is 3.77. The molecule has 0 spiro atoms. The molecule has 10 aromatic carbocycles. The van der Waals surface area contributed by atoms with Gasteiger partial charge in [-0.2, -0.15) is 0 Å². The maximum absolute atomic E-state index is 3.20. The van der Waals surface area contributed by atoms with Gasteiger partial charge < -0.3 is 9.80 Å². The van der Waals surface area contributed by atoms with Gasteiger partial charge in [0.2, 0.25) is 0 Å². The first-order chi connectivity index (χ1) is 33.8. The Morgan fingerprint density at radius 3 is 1.33 bits per heavy atom. The maximum Gasteiger partial charge on any atom is 0.181 e. The molecule has 0 bridgehead atoms. The molecule has 2 nitrogen and oxygen atoms in total. The molecule has 69 heavy (non-hydrogen) atoms. The lowest BCUT2D eigenvalue weighted by atomic mass is 9.82. The van der Waals surface area contributed by atoms with E-state index in [1.54, 1.807) is 0 Å². The van der Waals surface area contributed by atoms with E-state index in [-0.39, 0.29) is 10.8 Å². The van der Waals surface area contributed by atoms with Crippen molar-refractivity contribution in [3.8, 4) is 22.3 Å². The lowest BCUT2D eigenvalue weighted by Gasteiger charge is -2.39. The summed E-state index contributed by atoms with van der Waals surface area (Å²) in [7, 11) is -3.20. The molecule has 0 aliphatic heterocycles. The summed E-state index contributed by atoms with van der Waals surface area (Å²) in [6.45, 7) is 9.46. The van der Waals surface area contributed by atoms with E-state index in [4.69, 9.17) is 0 Å². The highest BCUT2D eigenvalue weighted by molar-refractivity contribution is 7.20. The zero-order valence-electron chi connectivity index (χ0n) is 39.6. The second-order valence-electron chi connectivity index (χ2n) is 19.7. The number of anilines is 6. The minimum absolute atomic E-state index is 0.0950. The van der Waals surface area contributed by atoms with Crippen LogP contribution in [-0.4, -0.2) is 8.07 Å². The van der Waals surface area contributed by atoms with Crippen molar-refractivity contribution in [1.29, 1.82) is 0 Å². The minimum Gasteiger partial charge on any atom is -0.311 e. The molecule has 0 unspecified atom stereocenters. The minimum atomic E-state index is -3.20. The Labute approximate surface area is 408 Å². The number of fused-ring (bicyclic) bond motifs is 6. The molecule has 10 aromatic rings. The molecule has 2 aliphatic rings. The van der Waals surface area contributed by atoms with Crippen LogP contribution in [0.3, 0.4) is 0 Å². The van der Waals surface area contributed by atoms with E-state index in [1.165, 1.54) is 70.9 Å². The third kappa shape index (κ3) is 6.75. The molecule has 3 heteroatoms. The van der Waals surface area contributed by atoms with Crippen LogP contribution in [0.4, 0.5) is 34.1 Å². The van der Waals surface area contributed by atoms with Crippen molar-refractivity contribution < 1.29 is 0 Å². The van der Waals surface area contributed by atoms with Gasteiger partial charge in [0.1, 0.15) is 0 Å². The van der Waals surface area contributed by atoms with Crippen LogP contribution in [0.2, 0.25) is 0 Å². The van der Waals surface area contributed by atoms with Crippen LogP contribution in [0.1, 0.15) is 49.9 Å². The first kappa shape index (κ1) is 42.4. The van der Waals surface area contributed by atoms with Gasteiger partial charge in [-0.1, -0.05) is 216 Å². The number of hydrogen-bond acceptors (Lipinski definition) is 2. The quantitative estimate of drug-likeness (QED) is 0.0997. The van der Waals surface area contributed by atoms with E-state index in [9.17, 15) is 0 Å². The molecule has 0 aromatic heterocycles. The largest absolute Gasteiger partial charge is 0.311 e. The van der Waals surface area contributed by atoms with E-state index < -0.39 is 8.07 Å². The Bertz CT molecular complexity index is 3470. The Balaban J connectivity index is 1.11.